The largest absolute Gasteiger partial charge is 0.379 e. The Labute approximate surface area is 150 Å². The highest BCUT2D eigenvalue weighted by molar-refractivity contribution is 7.87. The molecule has 0 bridgehead atoms. The van der Waals surface area contributed by atoms with Gasteiger partial charge in [-0.3, -0.25) is 0 Å². The summed E-state index contributed by atoms with van der Waals surface area (Å²) in [4.78, 5) is 0.141. The first-order valence-electron chi connectivity index (χ1n) is 7.69. The summed E-state index contributed by atoms with van der Waals surface area (Å²) in [7, 11) is -3.81. The number of fused-ring (bicyclic) bond motifs is 1. The van der Waals surface area contributed by atoms with Crippen LogP contribution in [-0.2, 0) is 10.1 Å². The molecule has 3 nitrogen and oxygen atoms in total. The van der Waals surface area contributed by atoms with Crippen LogP contribution < -0.4 is 4.18 Å². The summed E-state index contributed by atoms with van der Waals surface area (Å²) < 4.78 is 31.0. The van der Waals surface area contributed by atoms with Crippen molar-refractivity contribution in [1.82, 2.24) is 0 Å². The predicted molar refractivity (Wildman–Crippen MR) is 102 cm³/mol. The lowest BCUT2D eigenvalue weighted by Gasteiger charge is -2.08. The fourth-order valence-electron chi connectivity index (χ4n) is 2.61. The molecule has 4 rings (SSSR count). The zero-order chi connectivity index (χ0) is 17.3. The maximum atomic E-state index is 12.3. The summed E-state index contributed by atoms with van der Waals surface area (Å²) in [5, 5.41) is 3.27. The van der Waals surface area contributed by atoms with Crippen LogP contribution in [0, 0.1) is 0 Å². The molecule has 0 fully saturated rings. The molecule has 25 heavy (non-hydrogen) atoms. The topological polar surface area (TPSA) is 43.4 Å². The summed E-state index contributed by atoms with van der Waals surface area (Å²) in [6.45, 7) is 0. The van der Waals surface area contributed by atoms with E-state index in [1.54, 1.807) is 41.7 Å². The maximum absolute atomic E-state index is 12.3. The Bertz CT molecular complexity index is 1110. The van der Waals surface area contributed by atoms with Crippen LogP contribution >= 0.6 is 11.3 Å². The lowest BCUT2D eigenvalue weighted by molar-refractivity contribution is 0.486. The Kier molecular flexibility index (Phi) is 4.03. The van der Waals surface area contributed by atoms with E-state index in [1.165, 1.54) is 22.2 Å². The third-order valence-corrected chi connectivity index (χ3v) is 6.04. The molecule has 0 N–H and O–H groups in total. The minimum atomic E-state index is -3.81. The van der Waals surface area contributed by atoms with Crippen molar-refractivity contribution in [3.63, 3.8) is 0 Å². The first-order chi connectivity index (χ1) is 12.1. The summed E-state index contributed by atoms with van der Waals surface area (Å²) in [5.41, 5.74) is 2.10. The highest BCUT2D eigenvalue weighted by atomic mass is 32.2. The van der Waals surface area contributed by atoms with E-state index in [1.807, 2.05) is 12.1 Å². The first kappa shape index (κ1) is 15.9. The zero-order valence-electron chi connectivity index (χ0n) is 13.1. The molecule has 0 atom stereocenters. The molecule has 124 valence electrons. The van der Waals surface area contributed by atoms with Crippen molar-refractivity contribution < 1.29 is 12.6 Å². The van der Waals surface area contributed by atoms with Gasteiger partial charge in [-0.05, 0) is 64.4 Å². The standard InChI is InChI=1S/C20H14O3S2/c21-25(22,19-4-2-1-3-5-19)23-18-9-6-15(7-10-18)16-8-11-20-17(14-16)12-13-24-20/h1-14H. The Morgan fingerprint density at radius 3 is 2.24 bits per heavy atom. The van der Waals surface area contributed by atoms with Crippen LogP contribution in [0.5, 0.6) is 5.75 Å². The first-order valence-corrected chi connectivity index (χ1v) is 9.98. The molecule has 1 heterocycles. The average Bonchev–Trinajstić information content (AvgIpc) is 3.10. The van der Waals surface area contributed by atoms with Gasteiger partial charge in [-0.2, -0.15) is 8.42 Å². The van der Waals surface area contributed by atoms with E-state index in [9.17, 15) is 8.42 Å². The van der Waals surface area contributed by atoms with Crippen molar-refractivity contribution in [2.45, 2.75) is 4.90 Å². The van der Waals surface area contributed by atoms with E-state index in [2.05, 4.69) is 29.6 Å². The van der Waals surface area contributed by atoms with Crippen molar-refractivity contribution >= 4 is 31.5 Å². The zero-order valence-corrected chi connectivity index (χ0v) is 14.8. The molecule has 5 heteroatoms. The van der Waals surface area contributed by atoms with E-state index in [0.717, 1.165) is 11.1 Å². The molecule has 3 aromatic carbocycles. The molecule has 0 radical (unpaired) electrons. The van der Waals surface area contributed by atoms with Gasteiger partial charge in [0, 0.05) is 4.70 Å². The Hall–Kier alpha value is -2.63. The summed E-state index contributed by atoms with van der Waals surface area (Å²) in [5.74, 6) is 0.296. The lowest BCUT2D eigenvalue weighted by atomic mass is 10.0. The van der Waals surface area contributed by atoms with Gasteiger partial charge >= 0.3 is 10.1 Å². The van der Waals surface area contributed by atoms with Crippen molar-refractivity contribution in [1.29, 1.82) is 0 Å². The van der Waals surface area contributed by atoms with E-state index < -0.39 is 10.1 Å². The smallest absolute Gasteiger partial charge is 0.339 e. The van der Waals surface area contributed by atoms with E-state index in [4.69, 9.17) is 4.18 Å². The van der Waals surface area contributed by atoms with Crippen LogP contribution in [0.25, 0.3) is 21.2 Å². The number of benzene rings is 3. The monoisotopic (exact) mass is 366 g/mol. The predicted octanol–water partition coefficient (Wildman–Crippen LogP) is 5.34. The van der Waals surface area contributed by atoms with Crippen LogP contribution in [0.4, 0.5) is 0 Å². The highest BCUT2D eigenvalue weighted by Gasteiger charge is 2.15. The van der Waals surface area contributed by atoms with Gasteiger partial charge in [-0.15, -0.1) is 11.3 Å². The molecule has 0 saturated carbocycles. The Balaban J connectivity index is 1.59. The molecule has 0 unspecified atom stereocenters. The van der Waals surface area contributed by atoms with Crippen molar-refractivity contribution in [3.05, 3.63) is 84.2 Å². The molecule has 1 aromatic heterocycles. The Morgan fingerprint density at radius 2 is 1.48 bits per heavy atom. The molecule has 0 amide bonds. The van der Waals surface area contributed by atoms with Crippen LogP contribution in [0.3, 0.4) is 0 Å². The van der Waals surface area contributed by atoms with Crippen LogP contribution in [-0.4, -0.2) is 8.42 Å². The lowest BCUT2D eigenvalue weighted by Crippen LogP contribution is -2.09. The molecular weight excluding hydrogens is 352 g/mol. The van der Waals surface area contributed by atoms with Gasteiger partial charge in [0.25, 0.3) is 0 Å². The van der Waals surface area contributed by atoms with Gasteiger partial charge in [0.15, 0.2) is 0 Å². The highest BCUT2D eigenvalue weighted by Crippen LogP contribution is 2.29. The van der Waals surface area contributed by atoms with E-state index >= 15 is 0 Å². The van der Waals surface area contributed by atoms with Crippen LogP contribution in [0.2, 0.25) is 0 Å². The van der Waals surface area contributed by atoms with Gasteiger partial charge in [0.2, 0.25) is 0 Å². The second-order valence-corrected chi connectivity index (χ2v) is 8.04. The fourth-order valence-corrected chi connectivity index (χ4v) is 4.33. The number of hydrogen-bond donors (Lipinski definition) is 0. The summed E-state index contributed by atoms with van der Waals surface area (Å²) in [6.07, 6.45) is 0. The van der Waals surface area contributed by atoms with E-state index in [-0.39, 0.29) is 4.90 Å². The quantitative estimate of drug-likeness (QED) is 0.458. The normalized spacial score (nSPS) is 11.5. The molecule has 0 spiro atoms. The van der Waals surface area contributed by atoms with Crippen molar-refractivity contribution in [2.75, 3.05) is 0 Å². The molecule has 0 saturated heterocycles. The molecular formula is C20H14O3S2. The average molecular weight is 366 g/mol. The molecule has 4 aromatic rings. The number of hydrogen-bond acceptors (Lipinski definition) is 4. The third kappa shape index (κ3) is 3.29. The third-order valence-electron chi connectivity index (χ3n) is 3.88. The summed E-state index contributed by atoms with van der Waals surface area (Å²) in [6, 6.07) is 23.6. The maximum Gasteiger partial charge on any atom is 0.339 e. The van der Waals surface area contributed by atoms with Gasteiger partial charge in [0.1, 0.15) is 10.6 Å². The van der Waals surface area contributed by atoms with Crippen LogP contribution in [0.1, 0.15) is 0 Å². The number of rotatable bonds is 4. The fraction of sp³-hybridized carbons (Fsp3) is 0. The molecule has 0 aliphatic carbocycles. The van der Waals surface area contributed by atoms with Gasteiger partial charge < -0.3 is 4.18 Å². The minimum absolute atomic E-state index is 0.141. The Morgan fingerprint density at radius 1 is 0.760 bits per heavy atom. The molecule has 0 aliphatic rings. The van der Waals surface area contributed by atoms with E-state index in [0.29, 0.717) is 5.75 Å². The number of thiophene rings is 1. The summed E-state index contributed by atoms with van der Waals surface area (Å²) >= 11 is 1.71. The van der Waals surface area contributed by atoms with Gasteiger partial charge in [-0.1, -0.05) is 36.4 Å². The van der Waals surface area contributed by atoms with Gasteiger partial charge in [-0.25, -0.2) is 0 Å². The molecule has 0 aliphatic heterocycles. The second-order valence-electron chi connectivity index (χ2n) is 5.55. The SMILES string of the molecule is O=S(=O)(Oc1ccc(-c2ccc3sccc3c2)cc1)c1ccccc1. The van der Waals surface area contributed by atoms with Gasteiger partial charge in [0.05, 0.1) is 0 Å². The van der Waals surface area contributed by atoms with Crippen molar-refractivity contribution in [3.8, 4) is 16.9 Å². The second kappa shape index (κ2) is 6.35. The minimum Gasteiger partial charge on any atom is -0.379 e. The van der Waals surface area contributed by atoms with Crippen LogP contribution in [0.15, 0.2) is 89.1 Å². The van der Waals surface area contributed by atoms with Crippen molar-refractivity contribution in [2.24, 2.45) is 0 Å².